The van der Waals surface area contributed by atoms with Gasteiger partial charge in [0, 0.05) is 24.8 Å². The molecule has 148 valence electrons. The fourth-order valence-electron chi connectivity index (χ4n) is 2.65. The molecule has 8 nitrogen and oxygen atoms in total. The number of hydrogen-bond donors (Lipinski definition) is 1. The molecular weight excluding hydrogens is 481 g/mol. The minimum Gasteiger partial charge on any atom is -0.303 e. The third kappa shape index (κ3) is 4.69. The maximum atomic E-state index is 12.5. The SMILES string of the molecule is O=C(Nc1nn(Cc2ccc(Cl)c(Cl)c2)cc1Br)c1ccn(Cn2cccn2)n1. The van der Waals surface area contributed by atoms with Crippen LogP contribution >= 0.6 is 39.1 Å². The average Bonchev–Trinajstić information content (AvgIpc) is 3.42. The zero-order valence-corrected chi connectivity index (χ0v) is 17.9. The second-order valence-electron chi connectivity index (χ2n) is 6.15. The van der Waals surface area contributed by atoms with E-state index in [9.17, 15) is 4.79 Å². The zero-order valence-electron chi connectivity index (χ0n) is 14.8. The summed E-state index contributed by atoms with van der Waals surface area (Å²) in [5, 5.41) is 16.5. The largest absolute Gasteiger partial charge is 0.303 e. The summed E-state index contributed by atoms with van der Waals surface area (Å²) in [5.74, 6) is 0.0430. The quantitative estimate of drug-likeness (QED) is 0.436. The van der Waals surface area contributed by atoms with E-state index < -0.39 is 0 Å². The van der Waals surface area contributed by atoms with Crippen molar-refractivity contribution in [3.63, 3.8) is 0 Å². The predicted octanol–water partition coefficient (Wildman–Crippen LogP) is 4.15. The van der Waals surface area contributed by atoms with Crippen molar-refractivity contribution in [3.05, 3.63) is 80.9 Å². The van der Waals surface area contributed by atoms with Gasteiger partial charge in [-0.3, -0.25) is 18.8 Å². The summed E-state index contributed by atoms with van der Waals surface area (Å²) < 4.78 is 5.67. The van der Waals surface area contributed by atoms with E-state index in [-0.39, 0.29) is 11.6 Å². The van der Waals surface area contributed by atoms with Gasteiger partial charge in [-0.1, -0.05) is 29.3 Å². The maximum Gasteiger partial charge on any atom is 0.277 e. The highest BCUT2D eigenvalue weighted by Gasteiger charge is 2.15. The van der Waals surface area contributed by atoms with E-state index in [1.807, 2.05) is 18.3 Å². The van der Waals surface area contributed by atoms with E-state index in [1.165, 1.54) is 0 Å². The van der Waals surface area contributed by atoms with Crippen molar-refractivity contribution in [1.82, 2.24) is 29.3 Å². The van der Waals surface area contributed by atoms with Gasteiger partial charge in [0.1, 0.15) is 6.67 Å². The molecule has 29 heavy (non-hydrogen) atoms. The first-order chi connectivity index (χ1) is 14.0. The van der Waals surface area contributed by atoms with Crippen LogP contribution in [0.5, 0.6) is 0 Å². The van der Waals surface area contributed by atoms with Crippen molar-refractivity contribution >= 4 is 50.9 Å². The van der Waals surface area contributed by atoms with Gasteiger partial charge in [0.2, 0.25) is 0 Å². The van der Waals surface area contributed by atoms with Gasteiger partial charge in [0.25, 0.3) is 5.91 Å². The van der Waals surface area contributed by atoms with E-state index in [2.05, 4.69) is 36.5 Å². The summed E-state index contributed by atoms with van der Waals surface area (Å²) in [6, 6.07) is 8.85. The second kappa shape index (κ2) is 8.40. The molecule has 0 aliphatic carbocycles. The summed E-state index contributed by atoms with van der Waals surface area (Å²) in [7, 11) is 0. The molecule has 1 amide bonds. The van der Waals surface area contributed by atoms with E-state index in [4.69, 9.17) is 23.2 Å². The molecule has 0 saturated heterocycles. The van der Waals surface area contributed by atoms with Crippen LogP contribution in [0.2, 0.25) is 10.0 Å². The summed E-state index contributed by atoms with van der Waals surface area (Å²) in [6.45, 7) is 0.895. The number of hydrogen-bond acceptors (Lipinski definition) is 4. The first-order valence-electron chi connectivity index (χ1n) is 8.47. The smallest absolute Gasteiger partial charge is 0.277 e. The number of rotatable bonds is 6. The lowest BCUT2D eigenvalue weighted by atomic mass is 10.2. The lowest BCUT2D eigenvalue weighted by molar-refractivity contribution is 0.102. The van der Waals surface area contributed by atoms with Gasteiger partial charge >= 0.3 is 0 Å². The Balaban J connectivity index is 1.43. The minimum atomic E-state index is -0.357. The van der Waals surface area contributed by atoms with E-state index in [1.54, 1.807) is 50.8 Å². The number of anilines is 1. The Morgan fingerprint density at radius 3 is 2.69 bits per heavy atom. The molecule has 0 fully saturated rings. The number of carbonyl (C=O) groups is 1. The highest BCUT2D eigenvalue weighted by molar-refractivity contribution is 9.10. The molecule has 1 N–H and O–H groups in total. The molecule has 0 radical (unpaired) electrons. The number of nitrogens with one attached hydrogen (secondary N) is 1. The molecule has 4 rings (SSSR count). The van der Waals surface area contributed by atoms with E-state index in [0.717, 1.165) is 5.56 Å². The van der Waals surface area contributed by atoms with Crippen LogP contribution in [-0.4, -0.2) is 35.2 Å². The molecule has 3 heterocycles. The molecule has 1 aromatic carbocycles. The molecule has 3 aromatic heterocycles. The number of aromatic nitrogens is 6. The van der Waals surface area contributed by atoms with Crippen LogP contribution in [0.15, 0.2) is 59.6 Å². The van der Waals surface area contributed by atoms with Gasteiger partial charge in [-0.15, -0.1) is 0 Å². The normalized spacial score (nSPS) is 11.0. The minimum absolute atomic E-state index is 0.281. The van der Waals surface area contributed by atoms with Crippen molar-refractivity contribution in [2.45, 2.75) is 13.2 Å². The van der Waals surface area contributed by atoms with Crippen molar-refractivity contribution in [1.29, 1.82) is 0 Å². The molecular formula is C18H14BrCl2N7O. The topological polar surface area (TPSA) is 82.6 Å². The van der Waals surface area contributed by atoms with Crippen LogP contribution in [-0.2, 0) is 13.2 Å². The highest BCUT2D eigenvalue weighted by atomic mass is 79.9. The zero-order chi connectivity index (χ0) is 20.4. The fourth-order valence-corrected chi connectivity index (χ4v) is 3.39. The summed E-state index contributed by atoms with van der Waals surface area (Å²) in [6.07, 6.45) is 6.99. The Labute approximate surface area is 184 Å². The molecule has 0 spiro atoms. The number of amides is 1. The molecule has 0 saturated carbocycles. The molecule has 0 aliphatic rings. The Bertz CT molecular complexity index is 1150. The third-order valence-electron chi connectivity index (χ3n) is 4.00. The lowest BCUT2D eigenvalue weighted by Gasteiger charge is -2.04. The summed E-state index contributed by atoms with van der Waals surface area (Å²) in [4.78, 5) is 12.5. The Morgan fingerprint density at radius 2 is 1.93 bits per heavy atom. The number of carbonyl (C=O) groups excluding carboxylic acids is 1. The van der Waals surface area contributed by atoms with Gasteiger partial charge < -0.3 is 5.32 Å². The first kappa shape index (κ1) is 19.7. The van der Waals surface area contributed by atoms with E-state index in [0.29, 0.717) is 33.5 Å². The fraction of sp³-hybridized carbons (Fsp3) is 0.111. The maximum absolute atomic E-state index is 12.5. The number of nitrogens with zero attached hydrogens (tertiary/aromatic N) is 6. The molecule has 0 atom stereocenters. The van der Waals surface area contributed by atoms with Gasteiger partial charge in [0.15, 0.2) is 11.5 Å². The Hall–Kier alpha value is -2.62. The van der Waals surface area contributed by atoms with Crippen molar-refractivity contribution in [2.24, 2.45) is 0 Å². The van der Waals surface area contributed by atoms with Gasteiger partial charge in [0.05, 0.1) is 21.1 Å². The van der Waals surface area contributed by atoms with Crippen LogP contribution in [0.3, 0.4) is 0 Å². The van der Waals surface area contributed by atoms with Crippen LogP contribution in [0.1, 0.15) is 16.1 Å². The van der Waals surface area contributed by atoms with Crippen LogP contribution < -0.4 is 5.32 Å². The van der Waals surface area contributed by atoms with Crippen molar-refractivity contribution in [2.75, 3.05) is 5.32 Å². The van der Waals surface area contributed by atoms with E-state index >= 15 is 0 Å². The second-order valence-corrected chi connectivity index (χ2v) is 7.82. The standard InChI is InChI=1S/C18H14BrCl2N7O/c19-13-10-28(9-12-2-3-14(20)15(21)8-12)25-17(13)23-18(29)16-4-7-27(24-16)11-26-6-1-5-22-26/h1-8,10H,9,11H2,(H,23,25,29). The first-order valence-corrected chi connectivity index (χ1v) is 10.0. The third-order valence-corrected chi connectivity index (χ3v) is 5.32. The van der Waals surface area contributed by atoms with Crippen LogP contribution in [0, 0.1) is 0 Å². The van der Waals surface area contributed by atoms with Crippen LogP contribution in [0.4, 0.5) is 5.82 Å². The van der Waals surface area contributed by atoms with Crippen LogP contribution in [0.25, 0.3) is 0 Å². The molecule has 11 heteroatoms. The van der Waals surface area contributed by atoms with Crippen molar-refractivity contribution < 1.29 is 4.79 Å². The molecule has 0 aliphatic heterocycles. The number of halogens is 3. The molecule has 0 bridgehead atoms. The monoisotopic (exact) mass is 493 g/mol. The predicted molar refractivity (Wildman–Crippen MR) is 113 cm³/mol. The average molecular weight is 495 g/mol. The summed E-state index contributed by atoms with van der Waals surface area (Å²) in [5.41, 5.74) is 1.22. The molecule has 4 aromatic rings. The van der Waals surface area contributed by atoms with Gasteiger partial charge in [-0.25, -0.2) is 0 Å². The summed E-state index contributed by atoms with van der Waals surface area (Å²) >= 11 is 15.4. The van der Waals surface area contributed by atoms with Gasteiger partial charge in [-0.05, 0) is 45.8 Å². The Kier molecular flexibility index (Phi) is 5.70. The number of benzene rings is 1. The lowest BCUT2D eigenvalue weighted by Crippen LogP contribution is -2.15. The molecule has 0 unspecified atom stereocenters. The van der Waals surface area contributed by atoms with Crippen molar-refractivity contribution in [3.8, 4) is 0 Å². The highest BCUT2D eigenvalue weighted by Crippen LogP contribution is 2.25. The van der Waals surface area contributed by atoms with Gasteiger partial charge in [-0.2, -0.15) is 15.3 Å². The Morgan fingerprint density at radius 1 is 1.07 bits per heavy atom.